The molecule has 0 N–H and O–H groups in total. The van der Waals surface area contributed by atoms with Crippen LogP contribution in [0, 0.1) is 10.1 Å². The van der Waals surface area contributed by atoms with Gasteiger partial charge in [0, 0.05) is 12.7 Å². The summed E-state index contributed by atoms with van der Waals surface area (Å²) in [5, 5.41) is 10.9. The molecule has 0 aliphatic rings. The van der Waals surface area contributed by atoms with Crippen LogP contribution >= 0.6 is 0 Å². The van der Waals surface area contributed by atoms with Gasteiger partial charge in [-0.05, 0) is 6.42 Å². The maximum absolute atomic E-state index is 10.9. The van der Waals surface area contributed by atoms with Gasteiger partial charge in [0.05, 0.1) is 30.3 Å². The van der Waals surface area contributed by atoms with Crippen LogP contribution in [-0.4, -0.2) is 38.1 Å². The standard InChI is InChI=1S/C13H17NO6/c1-3-4-19-5-6-20-13-8-11(14(16)17)10(9-15)7-12(13)18-2/h7-9H,3-6H2,1-2H3. The molecule has 1 aromatic rings. The Labute approximate surface area is 116 Å². The van der Waals surface area contributed by atoms with Crippen LogP contribution in [-0.2, 0) is 4.74 Å². The third kappa shape index (κ3) is 4.20. The first-order valence-electron chi connectivity index (χ1n) is 6.16. The van der Waals surface area contributed by atoms with Crippen molar-refractivity contribution >= 4 is 12.0 Å². The van der Waals surface area contributed by atoms with E-state index in [9.17, 15) is 14.9 Å². The molecule has 110 valence electrons. The van der Waals surface area contributed by atoms with Crippen molar-refractivity contribution in [3.05, 3.63) is 27.8 Å². The van der Waals surface area contributed by atoms with Crippen molar-refractivity contribution < 1.29 is 23.9 Å². The van der Waals surface area contributed by atoms with Crippen LogP contribution in [0.3, 0.4) is 0 Å². The molecule has 0 spiro atoms. The van der Waals surface area contributed by atoms with Gasteiger partial charge in [-0.15, -0.1) is 0 Å². The summed E-state index contributed by atoms with van der Waals surface area (Å²) in [6.07, 6.45) is 1.32. The molecule has 0 radical (unpaired) electrons. The fraction of sp³-hybridized carbons (Fsp3) is 0.462. The molecule has 0 atom stereocenters. The van der Waals surface area contributed by atoms with Gasteiger partial charge in [-0.2, -0.15) is 0 Å². The van der Waals surface area contributed by atoms with Gasteiger partial charge in [-0.25, -0.2) is 0 Å². The van der Waals surface area contributed by atoms with E-state index >= 15 is 0 Å². The zero-order valence-electron chi connectivity index (χ0n) is 11.5. The Bertz CT molecular complexity index is 474. The second kappa shape index (κ2) is 8.11. The van der Waals surface area contributed by atoms with E-state index in [1.165, 1.54) is 19.2 Å². The van der Waals surface area contributed by atoms with Crippen LogP contribution in [0.5, 0.6) is 11.5 Å². The lowest BCUT2D eigenvalue weighted by atomic mass is 10.1. The van der Waals surface area contributed by atoms with Crippen molar-refractivity contribution in [1.29, 1.82) is 0 Å². The van der Waals surface area contributed by atoms with Crippen LogP contribution in [0.25, 0.3) is 0 Å². The van der Waals surface area contributed by atoms with Gasteiger partial charge in [0.15, 0.2) is 17.8 Å². The largest absolute Gasteiger partial charge is 0.493 e. The number of aldehydes is 1. The molecule has 0 saturated heterocycles. The minimum Gasteiger partial charge on any atom is -0.493 e. The number of carbonyl (C=O) groups is 1. The number of ether oxygens (including phenoxy) is 3. The lowest BCUT2D eigenvalue weighted by molar-refractivity contribution is -0.385. The Morgan fingerprint density at radius 3 is 2.55 bits per heavy atom. The summed E-state index contributed by atoms with van der Waals surface area (Å²) >= 11 is 0. The van der Waals surface area contributed by atoms with Crippen LogP contribution < -0.4 is 9.47 Å². The summed E-state index contributed by atoms with van der Waals surface area (Å²) in [5.74, 6) is 0.484. The van der Waals surface area contributed by atoms with E-state index in [2.05, 4.69) is 0 Å². The van der Waals surface area contributed by atoms with Crippen molar-refractivity contribution in [3.63, 3.8) is 0 Å². The summed E-state index contributed by atoms with van der Waals surface area (Å²) < 4.78 is 15.7. The van der Waals surface area contributed by atoms with Crippen LogP contribution in [0.15, 0.2) is 12.1 Å². The van der Waals surface area contributed by atoms with Crippen molar-refractivity contribution in [3.8, 4) is 11.5 Å². The first kappa shape index (κ1) is 15.9. The molecular formula is C13H17NO6. The number of nitro benzene ring substituents is 1. The Balaban J connectivity index is 2.85. The lowest BCUT2D eigenvalue weighted by Gasteiger charge is -2.11. The van der Waals surface area contributed by atoms with Gasteiger partial charge in [0.2, 0.25) is 0 Å². The molecule has 0 aromatic heterocycles. The Morgan fingerprint density at radius 1 is 1.25 bits per heavy atom. The number of rotatable bonds is 9. The summed E-state index contributed by atoms with van der Waals surface area (Å²) in [5.41, 5.74) is -0.369. The van der Waals surface area contributed by atoms with E-state index in [0.29, 0.717) is 19.5 Å². The summed E-state index contributed by atoms with van der Waals surface area (Å²) in [6, 6.07) is 2.47. The Kier molecular flexibility index (Phi) is 6.45. The number of nitro groups is 1. The first-order valence-corrected chi connectivity index (χ1v) is 6.16. The van der Waals surface area contributed by atoms with Crippen LogP contribution in [0.2, 0.25) is 0 Å². The highest BCUT2D eigenvalue weighted by Gasteiger charge is 2.19. The van der Waals surface area contributed by atoms with E-state index in [-0.39, 0.29) is 29.4 Å². The highest BCUT2D eigenvalue weighted by atomic mass is 16.6. The molecular weight excluding hydrogens is 266 g/mol. The van der Waals surface area contributed by atoms with Gasteiger partial charge in [-0.1, -0.05) is 6.92 Å². The number of methoxy groups -OCH3 is 1. The molecule has 20 heavy (non-hydrogen) atoms. The smallest absolute Gasteiger partial charge is 0.283 e. The molecule has 0 fully saturated rings. The summed E-state index contributed by atoms with van der Waals surface area (Å²) in [4.78, 5) is 21.1. The summed E-state index contributed by atoms with van der Waals surface area (Å²) in [6.45, 7) is 3.24. The minimum atomic E-state index is -0.635. The third-order valence-corrected chi connectivity index (χ3v) is 2.47. The molecule has 0 amide bonds. The average Bonchev–Trinajstić information content (AvgIpc) is 2.46. The topological polar surface area (TPSA) is 87.9 Å². The number of carbonyl (C=O) groups excluding carboxylic acids is 1. The van der Waals surface area contributed by atoms with Crippen LogP contribution in [0.1, 0.15) is 23.7 Å². The maximum Gasteiger partial charge on any atom is 0.283 e. The van der Waals surface area contributed by atoms with Crippen LogP contribution in [0.4, 0.5) is 5.69 Å². The molecule has 0 heterocycles. The number of benzene rings is 1. The normalized spacial score (nSPS) is 10.1. The van der Waals surface area contributed by atoms with Crippen molar-refractivity contribution in [1.82, 2.24) is 0 Å². The number of hydrogen-bond donors (Lipinski definition) is 0. The quantitative estimate of drug-likeness (QED) is 0.299. The van der Waals surface area contributed by atoms with E-state index in [4.69, 9.17) is 14.2 Å². The number of nitrogens with zero attached hydrogens (tertiary/aromatic N) is 1. The van der Waals surface area contributed by atoms with E-state index in [1.54, 1.807) is 0 Å². The van der Waals surface area contributed by atoms with E-state index in [0.717, 1.165) is 6.42 Å². The zero-order chi connectivity index (χ0) is 15.0. The van der Waals surface area contributed by atoms with Gasteiger partial charge in [0.1, 0.15) is 6.61 Å². The average molecular weight is 283 g/mol. The van der Waals surface area contributed by atoms with Gasteiger partial charge in [0.25, 0.3) is 5.69 Å². The molecule has 1 aromatic carbocycles. The lowest BCUT2D eigenvalue weighted by Crippen LogP contribution is -2.08. The minimum absolute atomic E-state index is 0.0542. The predicted molar refractivity (Wildman–Crippen MR) is 71.6 cm³/mol. The highest BCUT2D eigenvalue weighted by molar-refractivity contribution is 5.83. The molecule has 0 unspecified atom stereocenters. The van der Waals surface area contributed by atoms with Gasteiger partial charge < -0.3 is 14.2 Å². The highest BCUT2D eigenvalue weighted by Crippen LogP contribution is 2.33. The Hall–Kier alpha value is -2.15. The van der Waals surface area contributed by atoms with Crippen molar-refractivity contribution in [2.24, 2.45) is 0 Å². The SMILES string of the molecule is CCCOCCOc1cc([N+](=O)[O-])c(C=O)cc1OC. The van der Waals surface area contributed by atoms with Gasteiger partial charge in [-0.3, -0.25) is 14.9 Å². The maximum atomic E-state index is 10.9. The molecule has 1 rings (SSSR count). The second-order valence-corrected chi connectivity index (χ2v) is 3.90. The molecule has 0 saturated carbocycles. The third-order valence-electron chi connectivity index (χ3n) is 2.47. The Morgan fingerprint density at radius 2 is 2.00 bits per heavy atom. The van der Waals surface area contributed by atoms with Crippen molar-refractivity contribution in [2.45, 2.75) is 13.3 Å². The van der Waals surface area contributed by atoms with E-state index in [1.807, 2.05) is 6.92 Å². The summed E-state index contributed by atoms with van der Waals surface area (Å²) in [7, 11) is 1.40. The first-order chi connectivity index (χ1) is 9.63. The monoisotopic (exact) mass is 283 g/mol. The number of hydrogen-bond acceptors (Lipinski definition) is 6. The fourth-order valence-corrected chi connectivity index (χ4v) is 1.55. The predicted octanol–water partition coefficient (Wildman–Crippen LogP) is 2.22. The fourth-order valence-electron chi connectivity index (χ4n) is 1.55. The molecule has 7 heteroatoms. The molecule has 7 nitrogen and oxygen atoms in total. The second-order valence-electron chi connectivity index (χ2n) is 3.90. The van der Waals surface area contributed by atoms with Gasteiger partial charge >= 0.3 is 0 Å². The molecule has 0 bridgehead atoms. The van der Waals surface area contributed by atoms with E-state index < -0.39 is 4.92 Å². The van der Waals surface area contributed by atoms with Crippen molar-refractivity contribution in [2.75, 3.05) is 26.9 Å². The molecule has 0 aliphatic carbocycles. The zero-order valence-corrected chi connectivity index (χ0v) is 11.5. The molecule has 0 aliphatic heterocycles.